The summed E-state index contributed by atoms with van der Waals surface area (Å²) in [6, 6.07) is 7.71. The van der Waals surface area contributed by atoms with Crippen LogP contribution in [0.1, 0.15) is 39.0 Å². The number of rotatable bonds is 8. The predicted octanol–water partition coefficient (Wildman–Crippen LogP) is 4.45. The highest BCUT2D eigenvalue weighted by molar-refractivity contribution is 6.04. The van der Waals surface area contributed by atoms with Crippen LogP contribution < -0.4 is 5.56 Å². The fraction of sp³-hybridized carbons (Fsp3) is 0.364. The molecule has 3 heterocycles. The summed E-state index contributed by atoms with van der Waals surface area (Å²) in [4.78, 5) is 27.4. The number of para-hydroxylation sites is 2. The molecule has 0 atom stereocenters. The van der Waals surface area contributed by atoms with Crippen LogP contribution in [-0.4, -0.2) is 24.1 Å². The van der Waals surface area contributed by atoms with Crippen LogP contribution in [0.2, 0.25) is 0 Å². The molecule has 0 spiro atoms. The fourth-order valence-electron chi connectivity index (χ4n) is 3.69. The van der Waals surface area contributed by atoms with E-state index in [0.717, 1.165) is 23.9 Å². The first-order valence-electron chi connectivity index (χ1n) is 9.99. The molecule has 6 heteroatoms. The minimum absolute atomic E-state index is 0.0436. The van der Waals surface area contributed by atoms with Crippen LogP contribution in [0.15, 0.2) is 48.0 Å². The van der Waals surface area contributed by atoms with Crippen molar-refractivity contribution in [1.82, 2.24) is 24.1 Å². The van der Waals surface area contributed by atoms with Crippen molar-refractivity contribution in [1.29, 1.82) is 0 Å². The average Bonchev–Trinajstić information content (AvgIpc) is 3.01. The van der Waals surface area contributed by atoms with Gasteiger partial charge in [-0.2, -0.15) is 0 Å². The van der Waals surface area contributed by atoms with Crippen molar-refractivity contribution >= 4 is 33.2 Å². The first kappa shape index (κ1) is 18.3. The molecule has 0 bridgehead atoms. The van der Waals surface area contributed by atoms with E-state index in [1.54, 1.807) is 17.0 Å². The van der Waals surface area contributed by atoms with E-state index < -0.39 is 0 Å². The molecule has 28 heavy (non-hydrogen) atoms. The van der Waals surface area contributed by atoms with Crippen LogP contribution in [0.4, 0.5) is 0 Å². The molecule has 0 saturated heterocycles. The summed E-state index contributed by atoms with van der Waals surface area (Å²) in [5.74, 6) is 0. The maximum absolute atomic E-state index is 13.2. The van der Waals surface area contributed by atoms with Gasteiger partial charge in [-0.1, -0.05) is 50.8 Å². The van der Waals surface area contributed by atoms with Crippen molar-refractivity contribution in [2.24, 2.45) is 0 Å². The normalized spacial score (nSPS) is 11.6. The van der Waals surface area contributed by atoms with E-state index in [1.807, 2.05) is 28.8 Å². The molecule has 0 N–H and O–H groups in total. The number of allylic oxidation sites excluding steroid dienone is 1. The Kier molecular flexibility index (Phi) is 5.19. The quantitative estimate of drug-likeness (QED) is 0.337. The Hall–Kier alpha value is -3.02. The zero-order valence-electron chi connectivity index (χ0n) is 16.3. The molecule has 4 rings (SSSR count). The second-order valence-corrected chi connectivity index (χ2v) is 7.14. The third-order valence-corrected chi connectivity index (χ3v) is 5.13. The monoisotopic (exact) mass is 375 g/mol. The van der Waals surface area contributed by atoms with Crippen molar-refractivity contribution in [3.63, 3.8) is 0 Å². The maximum Gasteiger partial charge on any atom is 0.265 e. The van der Waals surface area contributed by atoms with Crippen molar-refractivity contribution in [2.45, 2.75) is 52.1 Å². The molecule has 0 aliphatic carbocycles. The Balaban J connectivity index is 1.86. The van der Waals surface area contributed by atoms with E-state index in [-0.39, 0.29) is 5.56 Å². The SMILES string of the molecule is C=CCn1c2nc3ccccc3nc2c2c(=O)n(CCCCCCC)cnc21. The highest BCUT2D eigenvalue weighted by Gasteiger charge is 2.19. The summed E-state index contributed by atoms with van der Waals surface area (Å²) in [7, 11) is 0. The van der Waals surface area contributed by atoms with Gasteiger partial charge in [-0.3, -0.25) is 9.36 Å². The van der Waals surface area contributed by atoms with Gasteiger partial charge in [-0.05, 0) is 18.6 Å². The molecule has 0 unspecified atom stereocenters. The van der Waals surface area contributed by atoms with E-state index in [2.05, 4.69) is 18.5 Å². The molecule has 1 aromatic carbocycles. The third kappa shape index (κ3) is 3.19. The van der Waals surface area contributed by atoms with E-state index in [0.29, 0.717) is 35.3 Å². The van der Waals surface area contributed by atoms with Gasteiger partial charge in [0.05, 0.1) is 17.4 Å². The van der Waals surface area contributed by atoms with Gasteiger partial charge in [0, 0.05) is 13.1 Å². The molecule has 0 saturated carbocycles. The van der Waals surface area contributed by atoms with Crippen LogP contribution in [0.5, 0.6) is 0 Å². The maximum atomic E-state index is 13.2. The lowest BCUT2D eigenvalue weighted by Crippen LogP contribution is -2.21. The molecule has 3 aromatic heterocycles. The zero-order chi connectivity index (χ0) is 19.5. The van der Waals surface area contributed by atoms with Crippen LogP contribution in [0.3, 0.4) is 0 Å². The zero-order valence-corrected chi connectivity index (χ0v) is 16.3. The van der Waals surface area contributed by atoms with Gasteiger partial charge in [0.1, 0.15) is 10.9 Å². The molecule has 4 aromatic rings. The van der Waals surface area contributed by atoms with E-state index in [1.165, 1.54) is 19.3 Å². The topological polar surface area (TPSA) is 65.6 Å². The van der Waals surface area contributed by atoms with E-state index in [9.17, 15) is 4.79 Å². The number of benzene rings is 1. The van der Waals surface area contributed by atoms with Gasteiger partial charge in [0.15, 0.2) is 11.3 Å². The predicted molar refractivity (Wildman–Crippen MR) is 114 cm³/mol. The third-order valence-electron chi connectivity index (χ3n) is 5.13. The number of aryl methyl sites for hydroxylation is 1. The second kappa shape index (κ2) is 7.92. The summed E-state index contributed by atoms with van der Waals surface area (Å²) in [5, 5.41) is 0.547. The van der Waals surface area contributed by atoms with Crippen molar-refractivity contribution in [3.8, 4) is 0 Å². The molecular formula is C22H25N5O. The number of aromatic nitrogens is 5. The van der Waals surface area contributed by atoms with Gasteiger partial charge in [-0.15, -0.1) is 6.58 Å². The Bertz CT molecular complexity index is 1200. The van der Waals surface area contributed by atoms with Gasteiger partial charge in [-0.25, -0.2) is 15.0 Å². The molecule has 144 valence electrons. The average molecular weight is 375 g/mol. The molecule has 0 aliphatic heterocycles. The number of hydrogen-bond donors (Lipinski definition) is 0. The number of nitrogens with zero attached hydrogens (tertiary/aromatic N) is 5. The van der Waals surface area contributed by atoms with Crippen molar-refractivity contribution < 1.29 is 0 Å². The summed E-state index contributed by atoms with van der Waals surface area (Å²) in [6.45, 7) is 7.25. The highest BCUT2D eigenvalue weighted by atomic mass is 16.1. The molecule has 0 amide bonds. The highest BCUT2D eigenvalue weighted by Crippen LogP contribution is 2.24. The summed E-state index contributed by atoms with van der Waals surface area (Å²) in [5.41, 5.74) is 3.46. The van der Waals surface area contributed by atoms with Crippen LogP contribution in [0, 0.1) is 0 Å². The van der Waals surface area contributed by atoms with Crippen molar-refractivity contribution in [2.75, 3.05) is 0 Å². The minimum atomic E-state index is -0.0436. The van der Waals surface area contributed by atoms with Crippen LogP contribution in [0.25, 0.3) is 33.2 Å². The molecule has 0 aliphatic rings. The smallest absolute Gasteiger partial charge is 0.265 e. The standard InChI is InChI=1S/C22H25N5O/c1-3-5-6-7-10-14-26-15-23-20-18(22(26)28)19-21(27(20)13-4-2)25-17-12-9-8-11-16(17)24-19/h4,8-9,11-12,15H,2-3,5-7,10,13-14H2,1H3. The minimum Gasteiger partial charge on any atom is -0.305 e. The largest absolute Gasteiger partial charge is 0.305 e. The lowest BCUT2D eigenvalue weighted by Gasteiger charge is -2.06. The Morgan fingerprint density at radius 3 is 2.54 bits per heavy atom. The van der Waals surface area contributed by atoms with Gasteiger partial charge >= 0.3 is 0 Å². The van der Waals surface area contributed by atoms with Crippen LogP contribution in [-0.2, 0) is 13.1 Å². The van der Waals surface area contributed by atoms with Gasteiger partial charge in [0.25, 0.3) is 5.56 Å². The molecule has 0 radical (unpaired) electrons. The lowest BCUT2D eigenvalue weighted by atomic mass is 10.1. The Morgan fingerprint density at radius 2 is 1.79 bits per heavy atom. The second-order valence-electron chi connectivity index (χ2n) is 7.14. The van der Waals surface area contributed by atoms with Gasteiger partial charge in [0.2, 0.25) is 0 Å². The molecular weight excluding hydrogens is 350 g/mol. The first-order valence-corrected chi connectivity index (χ1v) is 9.99. The number of unbranched alkanes of at least 4 members (excludes halogenated alkanes) is 4. The van der Waals surface area contributed by atoms with Gasteiger partial charge < -0.3 is 4.57 Å². The number of hydrogen-bond acceptors (Lipinski definition) is 4. The summed E-state index contributed by atoms with van der Waals surface area (Å²) >= 11 is 0. The Morgan fingerprint density at radius 1 is 1.04 bits per heavy atom. The van der Waals surface area contributed by atoms with E-state index in [4.69, 9.17) is 9.97 Å². The summed E-state index contributed by atoms with van der Waals surface area (Å²) < 4.78 is 3.63. The van der Waals surface area contributed by atoms with Crippen molar-refractivity contribution in [3.05, 3.63) is 53.6 Å². The molecule has 0 fully saturated rings. The Labute approximate surface area is 163 Å². The first-order chi connectivity index (χ1) is 13.7. The summed E-state index contributed by atoms with van der Waals surface area (Å²) in [6.07, 6.45) is 9.21. The lowest BCUT2D eigenvalue weighted by molar-refractivity contribution is 0.556. The fourth-order valence-corrected chi connectivity index (χ4v) is 3.69. The number of fused-ring (bicyclic) bond motifs is 4. The molecule has 6 nitrogen and oxygen atoms in total. The van der Waals surface area contributed by atoms with Crippen LogP contribution >= 0.6 is 0 Å². The van der Waals surface area contributed by atoms with E-state index >= 15 is 0 Å².